The van der Waals surface area contributed by atoms with Gasteiger partial charge in [-0.1, -0.05) is 55.2 Å². The summed E-state index contributed by atoms with van der Waals surface area (Å²) in [6.07, 6.45) is 5.37. The molecule has 1 aromatic heterocycles. The van der Waals surface area contributed by atoms with Crippen molar-refractivity contribution in [2.75, 3.05) is 0 Å². The third kappa shape index (κ3) is 5.53. The number of hydrogen-bond donors (Lipinski definition) is 0. The Morgan fingerprint density at radius 1 is 1.13 bits per heavy atom. The fourth-order valence-electron chi connectivity index (χ4n) is 3.43. The van der Waals surface area contributed by atoms with Crippen LogP contribution < -0.4 is 5.56 Å². The van der Waals surface area contributed by atoms with Crippen molar-refractivity contribution in [2.24, 2.45) is 0 Å². The molecular formula is C24H29N3O3. The standard InChI is InChI=1S/C24H29N3O3/c1-4-5-6-7-9-18(3)30-24(29)20-11-8-10-19(15-20)16-27-23(28)21-14-17(2)12-13-22(21)25-26-27/h8,10-15,18H,4-7,9,16H2,1-3H3. The molecule has 1 heterocycles. The fourth-order valence-corrected chi connectivity index (χ4v) is 3.43. The van der Waals surface area contributed by atoms with Crippen LogP contribution in [0.15, 0.2) is 47.3 Å². The van der Waals surface area contributed by atoms with Gasteiger partial charge in [0.05, 0.1) is 23.6 Å². The molecule has 0 amide bonds. The van der Waals surface area contributed by atoms with E-state index in [4.69, 9.17) is 4.74 Å². The molecule has 6 heteroatoms. The molecule has 3 rings (SSSR count). The topological polar surface area (TPSA) is 74.1 Å². The van der Waals surface area contributed by atoms with E-state index in [0.29, 0.717) is 16.5 Å². The Balaban J connectivity index is 1.70. The highest BCUT2D eigenvalue weighted by molar-refractivity contribution is 5.89. The van der Waals surface area contributed by atoms with Crippen molar-refractivity contribution in [3.8, 4) is 0 Å². The Morgan fingerprint density at radius 2 is 1.97 bits per heavy atom. The monoisotopic (exact) mass is 407 g/mol. The zero-order valence-electron chi connectivity index (χ0n) is 17.9. The van der Waals surface area contributed by atoms with Gasteiger partial charge in [0.2, 0.25) is 0 Å². The largest absolute Gasteiger partial charge is 0.459 e. The molecule has 0 aliphatic carbocycles. The maximum atomic E-state index is 12.8. The predicted molar refractivity (Wildman–Crippen MR) is 118 cm³/mol. The molecule has 0 N–H and O–H groups in total. The van der Waals surface area contributed by atoms with Gasteiger partial charge in [-0.25, -0.2) is 9.48 Å². The van der Waals surface area contributed by atoms with Crippen molar-refractivity contribution < 1.29 is 9.53 Å². The smallest absolute Gasteiger partial charge is 0.338 e. The minimum Gasteiger partial charge on any atom is -0.459 e. The van der Waals surface area contributed by atoms with Crippen LogP contribution in [0.3, 0.4) is 0 Å². The van der Waals surface area contributed by atoms with Crippen LogP contribution >= 0.6 is 0 Å². The summed E-state index contributed by atoms with van der Waals surface area (Å²) in [5.41, 5.74) is 2.64. The summed E-state index contributed by atoms with van der Waals surface area (Å²) >= 11 is 0. The SMILES string of the molecule is CCCCCCC(C)OC(=O)c1cccc(Cn2nnc3ccc(C)cc3c2=O)c1. The molecule has 1 unspecified atom stereocenters. The normalized spacial score (nSPS) is 12.1. The highest BCUT2D eigenvalue weighted by Crippen LogP contribution is 2.13. The Bertz CT molecular complexity index is 1070. The second kappa shape index (κ2) is 10.1. The van der Waals surface area contributed by atoms with Crippen LogP contribution in [-0.2, 0) is 11.3 Å². The van der Waals surface area contributed by atoms with Crippen LogP contribution in [0.5, 0.6) is 0 Å². The van der Waals surface area contributed by atoms with E-state index in [2.05, 4.69) is 17.2 Å². The third-order valence-corrected chi connectivity index (χ3v) is 5.14. The maximum absolute atomic E-state index is 12.8. The van der Waals surface area contributed by atoms with Crippen molar-refractivity contribution in [3.05, 3.63) is 69.5 Å². The number of hydrogen-bond acceptors (Lipinski definition) is 5. The average molecular weight is 408 g/mol. The molecule has 158 valence electrons. The molecule has 0 radical (unpaired) electrons. The summed E-state index contributed by atoms with van der Waals surface area (Å²) in [6, 6.07) is 12.7. The van der Waals surface area contributed by atoms with Crippen LogP contribution in [-0.4, -0.2) is 27.1 Å². The number of ether oxygens (including phenoxy) is 1. The van der Waals surface area contributed by atoms with Crippen molar-refractivity contribution in [1.82, 2.24) is 15.0 Å². The van der Waals surface area contributed by atoms with E-state index in [1.807, 2.05) is 32.0 Å². The highest BCUT2D eigenvalue weighted by Gasteiger charge is 2.13. The van der Waals surface area contributed by atoms with Gasteiger partial charge in [-0.05, 0) is 56.5 Å². The molecule has 0 fully saturated rings. The minimum absolute atomic E-state index is 0.116. The number of fused-ring (bicyclic) bond motifs is 1. The highest BCUT2D eigenvalue weighted by atomic mass is 16.5. The number of carbonyl (C=O) groups excluding carboxylic acids is 1. The van der Waals surface area contributed by atoms with E-state index < -0.39 is 0 Å². The van der Waals surface area contributed by atoms with E-state index in [0.717, 1.165) is 30.4 Å². The minimum atomic E-state index is -0.340. The number of carbonyl (C=O) groups is 1. The van der Waals surface area contributed by atoms with Gasteiger partial charge >= 0.3 is 5.97 Å². The van der Waals surface area contributed by atoms with E-state index >= 15 is 0 Å². The fraction of sp³-hybridized carbons (Fsp3) is 0.417. The second-order valence-corrected chi connectivity index (χ2v) is 7.84. The first-order chi connectivity index (χ1) is 14.5. The molecule has 0 saturated heterocycles. The van der Waals surface area contributed by atoms with E-state index in [1.165, 1.54) is 17.5 Å². The summed E-state index contributed by atoms with van der Waals surface area (Å²) in [6.45, 7) is 6.28. The Hall–Kier alpha value is -3.02. The van der Waals surface area contributed by atoms with E-state index in [9.17, 15) is 9.59 Å². The molecular weight excluding hydrogens is 378 g/mol. The van der Waals surface area contributed by atoms with Gasteiger partial charge < -0.3 is 4.74 Å². The Kier molecular flexibility index (Phi) is 7.33. The number of nitrogens with zero attached hydrogens (tertiary/aromatic N) is 3. The molecule has 6 nitrogen and oxygen atoms in total. The summed E-state index contributed by atoms with van der Waals surface area (Å²) < 4.78 is 6.90. The number of aromatic nitrogens is 3. The number of aryl methyl sites for hydroxylation is 1. The number of rotatable bonds is 9. The van der Waals surface area contributed by atoms with Crippen LogP contribution in [0.2, 0.25) is 0 Å². The molecule has 1 atom stereocenters. The van der Waals surface area contributed by atoms with Gasteiger partial charge in [-0.2, -0.15) is 0 Å². The van der Waals surface area contributed by atoms with Gasteiger partial charge in [0.15, 0.2) is 0 Å². The molecule has 2 aromatic carbocycles. The first kappa shape index (κ1) is 21.7. The van der Waals surface area contributed by atoms with Gasteiger partial charge in [0.1, 0.15) is 5.52 Å². The summed E-state index contributed by atoms with van der Waals surface area (Å²) in [4.78, 5) is 25.3. The molecule has 30 heavy (non-hydrogen) atoms. The van der Waals surface area contributed by atoms with Crippen LogP contribution in [0.25, 0.3) is 10.9 Å². The lowest BCUT2D eigenvalue weighted by atomic mass is 10.1. The van der Waals surface area contributed by atoms with E-state index in [-0.39, 0.29) is 24.2 Å². The average Bonchev–Trinajstić information content (AvgIpc) is 2.74. The zero-order chi connectivity index (χ0) is 21.5. The molecule has 0 aliphatic rings. The van der Waals surface area contributed by atoms with Crippen molar-refractivity contribution in [3.63, 3.8) is 0 Å². The lowest BCUT2D eigenvalue weighted by molar-refractivity contribution is 0.0319. The van der Waals surface area contributed by atoms with Gasteiger partial charge in [0, 0.05) is 0 Å². The molecule has 0 spiro atoms. The van der Waals surface area contributed by atoms with E-state index in [1.54, 1.807) is 24.3 Å². The molecule has 0 bridgehead atoms. The predicted octanol–water partition coefficient (Wildman–Crippen LogP) is 4.66. The maximum Gasteiger partial charge on any atom is 0.338 e. The molecule has 0 saturated carbocycles. The first-order valence-corrected chi connectivity index (χ1v) is 10.6. The number of benzene rings is 2. The third-order valence-electron chi connectivity index (χ3n) is 5.14. The van der Waals surface area contributed by atoms with Gasteiger partial charge in [0.25, 0.3) is 5.56 Å². The van der Waals surface area contributed by atoms with Gasteiger partial charge in [-0.15, -0.1) is 5.10 Å². The number of unbranched alkanes of at least 4 members (excludes halogenated alkanes) is 3. The lowest BCUT2D eigenvalue weighted by Crippen LogP contribution is -2.25. The number of esters is 1. The molecule has 0 aliphatic heterocycles. The van der Waals surface area contributed by atoms with Crippen molar-refractivity contribution in [1.29, 1.82) is 0 Å². The van der Waals surface area contributed by atoms with Crippen molar-refractivity contribution >= 4 is 16.9 Å². The lowest BCUT2D eigenvalue weighted by Gasteiger charge is -2.13. The van der Waals surface area contributed by atoms with Crippen LogP contribution in [0.4, 0.5) is 0 Å². The summed E-state index contributed by atoms with van der Waals surface area (Å²) in [7, 11) is 0. The first-order valence-electron chi connectivity index (χ1n) is 10.6. The quantitative estimate of drug-likeness (QED) is 0.381. The summed E-state index contributed by atoms with van der Waals surface area (Å²) in [5, 5.41) is 8.72. The van der Waals surface area contributed by atoms with Crippen LogP contribution in [0, 0.1) is 6.92 Å². The Labute approximate surface area is 176 Å². The van der Waals surface area contributed by atoms with Crippen molar-refractivity contribution in [2.45, 2.75) is 65.5 Å². The summed E-state index contributed by atoms with van der Waals surface area (Å²) in [5.74, 6) is -0.340. The van der Waals surface area contributed by atoms with Crippen LogP contribution in [0.1, 0.15) is 67.4 Å². The second-order valence-electron chi connectivity index (χ2n) is 7.84. The molecule has 3 aromatic rings. The zero-order valence-corrected chi connectivity index (χ0v) is 17.9. The Morgan fingerprint density at radius 3 is 2.77 bits per heavy atom. The van der Waals surface area contributed by atoms with Gasteiger partial charge in [-0.3, -0.25) is 4.79 Å².